The standard InChI is InChI=1S/C30H40ClN5O3/c1-5-19(2)17-32-29(38)23-15-21(4)33-27(16-23)34-30(39)26-8-9-28(37)36(26)24-10-12-35(13-11-24)18-22-6-7-25(31)20(3)14-22/h6-7,14-16,19,24,26H,5,8-13,17-18H2,1-4H3,(H,32,38)(H,33,34,39)/t19?,26-/m1/s1. The molecule has 2 aromatic rings. The van der Waals surface area contributed by atoms with Gasteiger partial charge in [0.1, 0.15) is 11.9 Å². The van der Waals surface area contributed by atoms with Crippen LogP contribution in [0.5, 0.6) is 0 Å². The molecule has 2 N–H and O–H groups in total. The number of likely N-dealkylation sites (tertiary alicyclic amines) is 2. The van der Waals surface area contributed by atoms with Gasteiger partial charge in [-0.25, -0.2) is 4.98 Å². The fraction of sp³-hybridized carbons (Fsp3) is 0.533. The molecule has 9 heteroatoms. The fourth-order valence-corrected chi connectivity index (χ4v) is 5.54. The van der Waals surface area contributed by atoms with Crippen LogP contribution < -0.4 is 10.6 Å². The number of carbonyl (C=O) groups excluding carboxylic acids is 3. The number of benzene rings is 1. The Morgan fingerprint density at radius 1 is 1.13 bits per heavy atom. The van der Waals surface area contributed by atoms with Crippen molar-refractivity contribution in [3.05, 3.63) is 57.7 Å². The van der Waals surface area contributed by atoms with Gasteiger partial charge in [0.2, 0.25) is 11.8 Å². The zero-order valence-electron chi connectivity index (χ0n) is 23.4. The summed E-state index contributed by atoms with van der Waals surface area (Å²) in [5.74, 6) is 0.319. The summed E-state index contributed by atoms with van der Waals surface area (Å²) in [5.41, 5.74) is 3.40. The number of rotatable bonds is 9. The molecule has 0 aliphatic carbocycles. The zero-order valence-corrected chi connectivity index (χ0v) is 24.2. The Balaban J connectivity index is 1.36. The Bertz CT molecular complexity index is 1210. The number of carbonyl (C=O) groups is 3. The van der Waals surface area contributed by atoms with E-state index in [0.29, 0.717) is 42.4 Å². The van der Waals surface area contributed by atoms with Gasteiger partial charge in [-0.15, -0.1) is 0 Å². The van der Waals surface area contributed by atoms with E-state index in [-0.39, 0.29) is 23.8 Å². The fourth-order valence-electron chi connectivity index (χ4n) is 5.42. The molecule has 2 aliphatic rings. The molecule has 0 bridgehead atoms. The van der Waals surface area contributed by atoms with Crippen molar-refractivity contribution in [2.45, 2.75) is 78.4 Å². The molecule has 2 fully saturated rings. The van der Waals surface area contributed by atoms with Crippen molar-refractivity contribution in [1.82, 2.24) is 20.1 Å². The van der Waals surface area contributed by atoms with Crippen molar-refractivity contribution in [3.63, 3.8) is 0 Å². The Labute approximate surface area is 236 Å². The first kappa shape index (κ1) is 29.0. The lowest BCUT2D eigenvalue weighted by Gasteiger charge is -2.39. The number of nitrogens with one attached hydrogen (secondary N) is 2. The Hall–Kier alpha value is -2.97. The summed E-state index contributed by atoms with van der Waals surface area (Å²) in [6, 6.07) is 8.95. The molecule has 210 valence electrons. The first-order chi connectivity index (χ1) is 18.6. The third-order valence-electron chi connectivity index (χ3n) is 7.91. The Morgan fingerprint density at radius 2 is 1.87 bits per heavy atom. The minimum absolute atomic E-state index is 0.0317. The lowest BCUT2D eigenvalue weighted by Crippen LogP contribution is -2.51. The second kappa shape index (κ2) is 12.9. The molecule has 0 radical (unpaired) electrons. The van der Waals surface area contributed by atoms with Crippen LogP contribution in [0.2, 0.25) is 5.02 Å². The van der Waals surface area contributed by atoms with Crippen molar-refractivity contribution >= 4 is 35.1 Å². The van der Waals surface area contributed by atoms with E-state index in [9.17, 15) is 14.4 Å². The van der Waals surface area contributed by atoms with Crippen LogP contribution in [0.15, 0.2) is 30.3 Å². The largest absolute Gasteiger partial charge is 0.352 e. The number of aryl methyl sites for hydroxylation is 2. The van der Waals surface area contributed by atoms with E-state index in [4.69, 9.17) is 11.6 Å². The van der Waals surface area contributed by atoms with E-state index in [1.807, 2.05) is 13.0 Å². The van der Waals surface area contributed by atoms with E-state index >= 15 is 0 Å². The molecule has 3 heterocycles. The van der Waals surface area contributed by atoms with Gasteiger partial charge < -0.3 is 15.5 Å². The van der Waals surface area contributed by atoms with E-state index in [0.717, 1.165) is 49.5 Å². The molecule has 1 aromatic heterocycles. The van der Waals surface area contributed by atoms with Crippen LogP contribution in [-0.2, 0) is 16.1 Å². The maximum absolute atomic E-state index is 13.4. The maximum Gasteiger partial charge on any atom is 0.251 e. The molecule has 8 nitrogen and oxygen atoms in total. The van der Waals surface area contributed by atoms with Crippen LogP contribution >= 0.6 is 11.6 Å². The minimum Gasteiger partial charge on any atom is -0.352 e. The predicted octanol–water partition coefficient (Wildman–Crippen LogP) is 4.72. The summed E-state index contributed by atoms with van der Waals surface area (Å²) in [6.45, 7) is 11.1. The first-order valence-electron chi connectivity index (χ1n) is 14.0. The van der Waals surface area contributed by atoms with Crippen molar-refractivity contribution in [2.75, 3.05) is 25.0 Å². The molecule has 2 aliphatic heterocycles. The molecule has 0 spiro atoms. The number of hydrogen-bond acceptors (Lipinski definition) is 5. The summed E-state index contributed by atoms with van der Waals surface area (Å²) in [6.07, 6.45) is 3.49. The quantitative estimate of drug-likeness (QED) is 0.468. The van der Waals surface area contributed by atoms with Gasteiger partial charge in [0.15, 0.2) is 0 Å². The smallest absolute Gasteiger partial charge is 0.251 e. The van der Waals surface area contributed by atoms with E-state index < -0.39 is 6.04 Å². The average Bonchev–Trinajstić information content (AvgIpc) is 3.30. The van der Waals surface area contributed by atoms with Crippen LogP contribution in [-0.4, -0.2) is 64.2 Å². The molecular weight excluding hydrogens is 514 g/mol. The van der Waals surface area contributed by atoms with Gasteiger partial charge >= 0.3 is 0 Å². The van der Waals surface area contributed by atoms with Crippen LogP contribution in [0.25, 0.3) is 0 Å². The highest BCUT2D eigenvalue weighted by atomic mass is 35.5. The van der Waals surface area contributed by atoms with Crippen molar-refractivity contribution in [3.8, 4) is 0 Å². The topological polar surface area (TPSA) is 94.6 Å². The van der Waals surface area contributed by atoms with Gasteiger partial charge in [0.25, 0.3) is 5.91 Å². The molecule has 2 atom stereocenters. The normalized spacial score (nSPS) is 19.3. The zero-order chi connectivity index (χ0) is 28.1. The molecule has 39 heavy (non-hydrogen) atoms. The number of aromatic nitrogens is 1. The van der Waals surface area contributed by atoms with Crippen LogP contribution in [0.4, 0.5) is 5.82 Å². The monoisotopic (exact) mass is 553 g/mol. The summed E-state index contributed by atoms with van der Waals surface area (Å²) in [5, 5.41) is 6.62. The number of anilines is 1. The van der Waals surface area contributed by atoms with Gasteiger partial charge in [0, 0.05) is 54.9 Å². The van der Waals surface area contributed by atoms with E-state index in [2.05, 4.69) is 46.5 Å². The molecule has 1 aromatic carbocycles. The number of amides is 3. The van der Waals surface area contributed by atoms with E-state index in [1.54, 1.807) is 24.0 Å². The highest BCUT2D eigenvalue weighted by Crippen LogP contribution is 2.29. The van der Waals surface area contributed by atoms with Gasteiger partial charge in [0.05, 0.1) is 0 Å². The number of pyridine rings is 1. The summed E-state index contributed by atoms with van der Waals surface area (Å²) >= 11 is 6.17. The second-order valence-corrected chi connectivity index (χ2v) is 11.4. The SMILES string of the molecule is CCC(C)CNC(=O)c1cc(C)nc(NC(=O)[C@H]2CCC(=O)N2C2CCN(Cc3ccc(Cl)c(C)c3)CC2)c1. The summed E-state index contributed by atoms with van der Waals surface area (Å²) in [4.78, 5) is 47.5. The van der Waals surface area contributed by atoms with Crippen molar-refractivity contribution in [1.29, 1.82) is 0 Å². The highest BCUT2D eigenvalue weighted by Gasteiger charge is 2.41. The van der Waals surface area contributed by atoms with Crippen LogP contribution in [0, 0.1) is 19.8 Å². The van der Waals surface area contributed by atoms with Crippen LogP contribution in [0.3, 0.4) is 0 Å². The molecule has 4 rings (SSSR count). The molecule has 0 saturated carbocycles. The summed E-state index contributed by atoms with van der Waals surface area (Å²) in [7, 11) is 0. The molecular formula is C30H40ClN5O3. The third kappa shape index (κ3) is 7.37. The molecule has 2 saturated heterocycles. The molecule has 1 unspecified atom stereocenters. The maximum atomic E-state index is 13.4. The van der Waals surface area contributed by atoms with Crippen molar-refractivity contribution < 1.29 is 14.4 Å². The van der Waals surface area contributed by atoms with Gasteiger partial charge in [-0.05, 0) is 68.4 Å². The first-order valence-corrected chi connectivity index (χ1v) is 14.4. The van der Waals surface area contributed by atoms with Gasteiger partial charge in [-0.1, -0.05) is 44.0 Å². The summed E-state index contributed by atoms with van der Waals surface area (Å²) < 4.78 is 0. The average molecular weight is 554 g/mol. The second-order valence-electron chi connectivity index (χ2n) is 11.0. The third-order valence-corrected chi connectivity index (χ3v) is 8.34. The number of halogens is 1. The van der Waals surface area contributed by atoms with Gasteiger partial charge in [-0.2, -0.15) is 0 Å². The number of hydrogen-bond donors (Lipinski definition) is 2. The van der Waals surface area contributed by atoms with Gasteiger partial charge in [-0.3, -0.25) is 19.3 Å². The van der Waals surface area contributed by atoms with Crippen molar-refractivity contribution in [2.24, 2.45) is 5.92 Å². The minimum atomic E-state index is -0.530. The lowest BCUT2D eigenvalue weighted by atomic mass is 10.0. The Morgan fingerprint density at radius 3 is 2.56 bits per heavy atom. The van der Waals surface area contributed by atoms with E-state index in [1.165, 1.54) is 5.56 Å². The Kier molecular flexibility index (Phi) is 9.62. The highest BCUT2D eigenvalue weighted by molar-refractivity contribution is 6.31. The predicted molar refractivity (Wildman–Crippen MR) is 154 cm³/mol. The molecule has 3 amide bonds. The number of nitrogens with zero attached hydrogens (tertiary/aromatic N) is 3. The lowest BCUT2D eigenvalue weighted by molar-refractivity contribution is -0.136. The number of piperidine rings is 1. The van der Waals surface area contributed by atoms with Crippen LogP contribution in [0.1, 0.15) is 73.1 Å².